The van der Waals surface area contributed by atoms with Crippen molar-refractivity contribution < 1.29 is 19.1 Å². The molecule has 0 aliphatic heterocycles. The fraction of sp³-hybridized carbons (Fsp3) is 0.357. The van der Waals surface area contributed by atoms with Crippen LogP contribution in [0.4, 0.5) is 5.69 Å². The van der Waals surface area contributed by atoms with E-state index in [2.05, 4.69) is 10.6 Å². The smallest absolute Gasteiger partial charge is 0.313 e. The summed E-state index contributed by atoms with van der Waals surface area (Å²) in [6.07, 6.45) is 0.616. The third-order valence-corrected chi connectivity index (χ3v) is 2.60. The van der Waals surface area contributed by atoms with Gasteiger partial charge >= 0.3 is 11.8 Å². The number of anilines is 1. The first-order chi connectivity index (χ1) is 10.1. The number of benzene rings is 1. The van der Waals surface area contributed by atoms with Crippen LogP contribution in [0, 0.1) is 0 Å². The molecular formula is C14H19N3O4. The Kier molecular flexibility index (Phi) is 6.90. The summed E-state index contributed by atoms with van der Waals surface area (Å²) >= 11 is 0. The minimum absolute atomic E-state index is 0.148. The number of amides is 3. The van der Waals surface area contributed by atoms with Gasteiger partial charge in [0, 0.05) is 19.8 Å². The quantitative estimate of drug-likeness (QED) is 0.495. The van der Waals surface area contributed by atoms with Crippen molar-refractivity contribution in [1.29, 1.82) is 0 Å². The number of ether oxygens (including phenoxy) is 1. The minimum Gasteiger partial charge on any atom is -0.382 e. The van der Waals surface area contributed by atoms with Crippen LogP contribution in [0.1, 0.15) is 23.7 Å². The Morgan fingerprint density at radius 3 is 2.57 bits per heavy atom. The van der Waals surface area contributed by atoms with Gasteiger partial charge in [-0.2, -0.15) is 0 Å². The van der Waals surface area contributed by atoms with Crippen LogP contribution in [0.2, 0.25) is 0 Å². The Morgan fingerprint density at radius 1 is 1.19 bits per heavy atom. The number of carbonyl (C=O) groups excluding carboxylic acids is 3. The van der Waals surface area contributed by atoms with Gasteiger partial charge in [0.25, 0.3) is 5.91 Å². The first-order valence-electron chi connectivity index (χ1n) is 6.62. The molecule has 0 saturated carbocycles. The van der Waals surface area contributed by atoms with Gasteiger partial charge in [-0.1, -0.05) is 12.1 Å². The van der Waals surface area contributed by atoms with Crippen LogP contribution in [-0.4, -0.2) is 37.5 Å². The largest absolute Gasteiger partial charge is 0.382 e. The molecule has 0 spiro atoms. The summed E-state index contributed by atoms with van der Waals surface area (Å²) < 4.78 is 5.11. The van der Waals surface area contributed by atoms with E-state index in [0.717, 1.165) is 0 Å². The number of rotatable bonds is 7. The molecule has 3 amide bonds. The summed E-state index contributed by atoms with van der Waals surface area (Å²) in [4.78, 5) is 34.5. The highest BCUT2D eigenvalue weighted by atomic mass is 16.5. The van der Waals surface area contributed by atoms with E-state index in [-0.39, 0.29) is 11.3 Å². The van der Waals surface area contributed by atoms with E-state index in [0.29, 0.717) is 26.2 Å². The molecule has 21 heavy (non-hydrogen) atoms. The molecule has 7 heteroatoms. The molecule has 1 aromatic carbocycles. The zero-order chi connectivity index (χ0) is 15.7. The molecule has 0 aliphatic carbocycles. The number of nitrogens with one attached hydrogen (secondary N) is 2. The van der Waals surface area contributed by atoms with Gasteiger partial charge in [0.15, 0.2) is 0 Å². The van der Waals surface area contributed by atoms with Crippen LogP contribution in [-0.2, 0) is 14.3 Å². The van der Waals surface area contributed by atoms with E-state index in [1.54, 1.807) is 12.1 Å². The van der Waals surface area contributed by atoms with Crippen molar-refractivity contribution in [3.63, 3.8) is 0 Å². The van der Waals surface area contributed by atoms with Crippen LogP contribution in [0.5, 0.6) is 0 Å². The number of hydrogen-bond acceptors (Lipinski definition) is 4. The predicted molar refractivity (Wildman–Crippen MR) is 77.7 cm³/mol. The highest BCUT2D eigenvalue weighted by molar-refractivity contribution is 6.40. The van der Waals surface area contributed by atoms with Gasteiger partial charge in [-0.3, -0.25) is 14.4 Å². The van der Waals surface area contributed by atoms with Gasteiger partial charge in [-0.05, 0) is 25.5 Å². The molecule has 0 fully saturated rings. The van der Waals surface area contributed by atoms with E-state index < -0.39 is 17.7 Å². The van der Waals surface area contributed by atoms with E-state index in [1.807, 2.05) is 6.92 Å². The Balaban J connectivity index is 2.49. The number of carbonyl (C=O) groups is 3. The van der Waals surface area contributed by atoms with Crippen molar-refractivity contribution in [3.8, 4) is 0 Å². The monoisotopic (exact) mass is 293 g/mol. The first-order valence-corrected chi connectivity index (χ1v) is 6.62. The lowest BCUT2D eigenvalue weighted by Crippen LogP contribution is -2.36. The zero-order valence-corrected chi connectivity index (χ0v) is 11.8. The third kappa shape index (κ3) is 5.62. The molecule has 1 aromatic rings. The van der Waals surface area contributed by atoms with Crippen molar-refractivity contribution in [2.75, 3.05) is 25.1 Å². The lowest BCUT2D eigenvalue weighted by atomic mass is 10.1. The summed E-state index contributed by atoms with van der Waals surface area (Å²) in [7, 11) is 0. The molecule has 1 rings (SSSR count). The van der Waals surface area contributed by atoms with Crippen molar-refractivity contribution in [2.45, 2.75) is 13.3 Å². The van der Waals surface area contributed by atoms with Crippen LogP contribution < -0.4 is 16.4 Å². The molecule has 0 radical (unpaired) electrons. The van der Waals surface area contributed by atoms with Gasteiger partial charge in [0.2, 0.25) is 0 Å². The van der Waals surface area contributed by atoms with Crippen molar-refractivity contribution in [2.24, 2.45) is 5.73 Å². The van der Waals surface area contributed by atoms with Crippen LogP contribution in [0.25, 0.3) is 0 Å². The Hall–Kier alpha value is -2.41. The Labute approximate surface area is 122 Å². The summed E-state index contributed by atoms with van der Waals surface area (Å²) in [6.45, 7) is 3.34. The molecule has 0 aliphatic rings. The summed E-state index contributed by atoms with van der Waals surface area (Å²) in [6, 6.07) is 6.21. The standard InChI is InChI=1S/C14H19N3O4/c1-2-21-9-5-8-16-13(19)14(20)17-11-7-4-3-6-10(11)12(15)18/h3-4,6-7H,2,5,8-9H2,1H3,(H2,15,18)(H,16,19)(H,17,20). The fourth-order valence-electron chi connectivity index (χ4n) is 1.59. The average molecular weight is 293 g/mol. The third-order valence-electron chi connectivity index (χ3n) is 2.60. The zero-order valence-electron chi connectivity index (χ0n) is 11.8. The van der Waals surface area contributed by atoms with E-state index in [4.69, 9.17) is 10.5 Å². The van der Waals surface area contributed by atoms with Gasteiger partial charge in [-0.15, -0.1) is 0 Å². The molecular weight excluding hydrogens is 274 g/mol. The second kappa shape index (κ2) is 8.70. The number of primary amides is 1. The maximum atomic E-state index is 11.7. The first kappa shape index (κ1) is 16.6. The van der Waals surface area contributed by atoms with E-state index >= 15 is 0 Å². The van der Waals surface area contributed by atoms with Crippen LogP contribution in [0.15, 0.2) is 24.3 Å². The normalized spacial score (nSPS) is 9.95. The van der Waals surface area contributed by atoms with Gasteiger partial charge in [0.05, 0.1) is 11.3 Å². The second-order valence-electron chi connectivity index (χ2n) is 4.17. The second-order valence-corrected chi connectivity index (χ2v) is 4.17. The maximum absolute atomic E-state index is 11.7. The highest BCUT2D eigenvalue weighted by Crippen LogP contribution is 2.13. The number of nitrogens with two attached hydrogens (primary N) is 1. The average Bonchev–Trinajstić information content (AvgIpc) is 2.47. The molecule has 4 N–H and O–H groups in total. The topological polar surface area (TPSA) is 111 Å². The van der Waals surface area contributed by atoms with Crippen LogP contribution in [0.3, 0.4) is 0 Å². The molecule has 114 valence electrons. The number of hydrogen-bond donors (Lipinski definition) is 3. The SMILES string of the molecule is CCOCCCNC(=O)C(=O)Nc1ccccc1C(N)=O. The Bertz CT molecular complexity index is 517. The van der Waals surface area contributed by atoms with Crippen molar-refractivity contribution in [1.82, 2.24) is 5.32 Å². The molecule has 0 atom stereocenters. The maximum Gasteiger partial charge on any atom is 0.313 e. The lowest BCUT2D eigenvalue weighted by Gasteiger charge is -2.09. The van der Waals surface area contributed by atoms with E-state index in [1.165, 1.54) is 12.1 Å². The molecule has 0 unspecified atom stereocenters. The predicted octanol–water partition coefficient (Wildman–Crippen LogP) is 0.267. The molecule has 0 heterocycles. The fourth-order valence-corrected chi connectivity index (χ4v) is 1.59. The Morgan fingerprint density at radius 2 is 1.90 bits per heavy atom. The van der Waals surface area contributed by atoms with Gasteiger partial charge in [0.1, 0.15) is 0 Å². The number of para-hydroxylation sites is 1. The molecule has 7 nitrogen and oxygen atoms in total. The molecule has 0 saturated heterocycles. The summed E-state index contributed by atoms with van der Waals surface area (Å²) in [5.41, 5.74) is 5.54. The van der Waals surface area contributed by atoms with Gasteiger partial charge < -0.3 is 21.1 Å². The van der Waals surface area contributed by atoms with Crippen molar-refractivity contribution in [3.05, 3.63) is 29.8 Å². The van der Waals surface area contributed by atoms with E-state index in [9.17, 15) is 14.4 Å². The highest BCUT2D eigenvalue weighted by Gasteiger charge is 2.16. The van der Waals surface area contributed by atoms with Gasteiger partial charge in [-0.25, -0.2) is 0 Å². The lowest BCUT2D eigenvalue weighted by molar-refractivity contribution is -0.136. The molecule has 0 bridgehead atoms. The van der Waals surface area contributed by atoms with Crippen LogP contribution >= 0.6 is 0 Å². The summed E-state index contributed by atoms with van der Waals surface area (Å²) in [5, 5.41) is 4.82. The summed E-state index contributed by atoms with van der Waals surface area (Å²) in [5.74, 6) is -2.30. The molecule has 0 aromatic heterocycles. The minimum atomic E-state index is -0.847. The van der Waals surface area contributed by atoms with Crippen molar-refractivity contribution >= 4 is 23.4 Å².